The quantitative estimate of drug-likeness (QED) is 0.647. The second-order valence-electron chi connectivity index (χ2n) is 4.92. The van der Waals surface area contributed by atoms with Crippen LogP contribution in [0.25, 0.3) is 0 Å². The molecule has 0 radical (unpaired) electrons. The van der Waals surface area contributed by atoms with E-state index in [-0.39, 0.29) is 11.7 Å². The lowest BCUT2D eigenvalue weighted by molar-refractivity contribution is -0.0577. The molecular weight excluding hydrogens is 186 g/mol. The van der Waals surface area contributed by atoms with Crippen LogP contribution in [0.4, 0.5) is 0 Å². The first kappa shape index (κ1) is 12.2. The molecule has 2 heteroatoms. The van der Waals surface area contributed by atoms with E-state index in [1.165, 1.54) is 0 Å². The van der Waals surface area contributed by atoms with Crippen molar-refractivity contribution in [2.75, 3.05) is 6.54 Å². The summed E-state index contributed by atoms with van der Waals surface area (Å²) in [5, 5.41) is 0. The van der Waals surface area contributed by atoms with Gasteiger partial charge >= 0.3 is 0 Å². The van der Waals surface area contributed by atoms with Crippen molar-refractivity contribution in [3.63, 3.8) is 0 Å². The Balaban J connectivity index is 2.55. The number of hydrogen-bond donors (Lipinski definition) is 0. The van der Waals surface area contributed by atoms with Gasteiger partial charge in [-0.2, -0.15) is 0 Å². The highest BCUT2D eigenvalue weighted by molar-refractivity contribution is 5.71. The molecule has 0 spiro atoms. The Morgan fingerprint density at radius 3 is 2.87 bits per heavy atom. The molecule has 0 aromatic carbocycles. The van der Waals surface area contributed by atoms with Gasteiger partial charge in [-0.3, -0.25) is 4.99 Å². The van der Waals surface area contributed by atoms with Gasteiger partial charge in [-0.1, -0.05) is 18.2 Å². The lowest BCUT2D eigenvalue weighted by atomic mass is 10.1. The maximum absolute atomic E-state index is 5.94. The van der Waals surface area contributed by atoms with Crippen molar-refractivity contribution >= 4 is 6.21 Å². The van der Waals surface area contributed by atoms with Gasteiger partial charge in [0.25, 0.3) is 0 Å². The Kier molecular flexibility index (Phi) is 4.28. The highest BCUT2D eigenvalue weighted by Crippen LogP contribution is 2.17. The van der Waals surface area contributed by atoms with E-state index in [0.717, 1.165) is 25.0 Å². The highest BCUT2D eigenvalue weighted by atomic mass is 16.5. The SMILES string of the molecule is C=C1/C=C\C=N/CC(OC(C)(C)C)CC1. The Labute approximate surface area is 92.7 Å². The second kappa shape index (κ2) is 5.26. The number of aliphatic imine (C=N–C) groups is 1. The van der Waals surface area contributed by atoms with Crippen LogP contribution in [0.2, 0.25) is 0 Å². The summed E-state index contributed by atoms with van der Waals surface area (Å²) >= 11 is 0. The molecule has 0 aromatic rings. The molecule has 0 bridgehead atoms. The fourth-order valence-electron chi connectivity index (χ4n) is 1.54. The third kappa shape index (κ3) is 5.53. The standard InChI is InChI=1S/C13H21NO/c1-11-6-5-9-14-10-12(8-7-11)15-13(2,3)4/h5-6,9,12H,1,7-8,10H2,2-4H3/b6-5-,14-9-. The van der Waals surface area contributed by atoms with E-state index in [0.29, 0.717) is 0 Å². The monoisotopic (exact) mass is 207 g/mol. The maximum atomic E-state index is 5.94. The van der Waals surface area contributed by atoms with Gasteiger partial charge in [0.1, 0.15) is 0 Å². The van der Waals surface area contributed by atoms with Crippen LogP contribution in [0.15, 0.2) is 29.3 Å². The lowest BCUT2D eigenvalue weighted by Crippen LogP contribution is -2.29. The minimum Gasteiger partial charge on any atom is -0.371 e. The minimum absolute atomic E-state index is 0.0942. The molecule has 1 atom stereocenters. The first-order valence-corrected chi connectivity index (χ1v) is 5.49. The van der Waals surface area contributed by atoms with E-state index in [9.17, 15) is 0 Å². The largest absolute Gasteiger partial charge is 0.371 e. The first-order chi connectivity index (χ1) is 6.97. The summed E-state index contributed by atoms with van der Waals surface area (Å²) in [6, 6.07) is 0. The van der Waals surface area contributed by atoms with E-state index in [1.807, 2.05) is 18.4 Å². The van der Waals surface area contributed by atoms with Gasteiger partial charge in [0.2, 0.25) is 0 Å². The van der Waals surface area contributed by atoms with Crippen LogP contribution in [0.3, 0.4) is 0 Å². The van der Waals surface area contributed by atoms with Crippen LogP contribution in [0, 0.1) is 0 Å². The highest BCUT2D eigenvalue weighted by Gasteiger charge is 2.18. The third-order valence-corrected chi connectivity index (χ3v) is 2.14. The van der Waals surface area contributed by atoms with Crippen molar-refractivity contribution < 1.29 is 4.74 Å². The van der Waals surface area contributed by atoms with Crippen molar-refractivity contribution in [3.05, 3.63) is 24.3 Å². The molecule has 1 rings (SSSR count). The second-order valence-corrected chi connectivity index (χ2v) is 4.92. The van der Waals surface area contributed by atoms with Gasteiger partial charge in [-0.05, 0) is 39.7 Å². The van der Waals surface area contributed by atoms with Crippen molar-refractivity contribution in [2.24, 2.45) is 4.99 Å². The predicted molar refractivity (Wildman–Crippen MR) is 65.5 cm³/mol. The lowest BCUT2D eigenvalue weighted by Gasteiger charge is -2.26. The van der Waals surface area contributed by atoms with E-state index in [2.05, 4.69) is 32.3 Å². The molecule has 1 aliphatic heterocycles. The van der Waals surface area contributed by atoms with E-state index >= 15 is 0 Å². The molecule has 0 aliphatic carbocycles. The third-order valence-electron chi connectivity index (χ3n) is 2.14. The van der Waals surface area contributed by atoms with Crippen molar-refractivity contribution in [1.29, 1.82) is 0 Å². The number of ether oxygens (including phenoxy) is 1. The molecule has 0 fully saturated rings. The Morgan fingerprint density at radius 1 is 1.47 bits per heavy atom. The smallest absolute Gasteiger partial charge is 0.0780 e. The zero-order valence-corrected chi connectivity index (χ0v) is 9.99. The summed E-state index contributed by atoms with van der Waals surface area (Å²) < 4.78 is 5.94. The molecule has 2 nitrogen and oxygen atoms in total. The van der Waals surface area contributed by atoms with Gasteiger partial charge in [0, 0.05) is 6.21 Å². The van der Waals surface area contributed by atoms with Gasteiger partial charge in [-0.25, -0.2) is 0 Å². The molecule has 1 heterocycles. The summed E-state index contributed by atoms with van der Waals surface area (Å²) in [4.78, 5) is 4.31. The van der Waals surface area contributed by atoms with Crippen LogP contribution in [0.1, 0.15) is 33.6 Å². The van der Waals surface area contributed by atoms with Crippen molar-refractivity contribution in [2.45, 2.75) is 45.3 Å². The zero-order valence-electron chi connectivity index (χ0n) is 9.99. The van der Waals surface area contributed by atoms with Crippen LogP contribution in [-0.2, 0) is 4.74 Å². The average Bonchev–Trinajstić information content (AvgIpc) is 2.18. The molecule has 0 saturated heterocycles. The molecule has 15 heavy (non-hydrogen) atoms. The van der Waals surface area contributed by atoms with Crippen LogP contribution >= 0.6 is 0 Å². The topological polar surface area (TPSA) is 21.6 Å². The Hall–Kier alpha value is -0.890. The van der Waals surface area contributed by atoms with E-state index < -0.39 is 0 Å². The molecule has 84 valence electrons. The molecule has 0 amide bonds. The average molecular weight is 207 g/mol. The van der Waals surface area contributed by atoms with Gasteiger partial charge < -0.3 is 4.74 Å². The van der Waals surface area contributed by atoms with Crippen LogP contribution in [-0.4, -0.2) is 24.5 Å². The minimum atomic E-state index is -0.0942. The fraction of sp³-hybridized carbons (Fsp3) is 0.615. The van der Waals surface area contributed by atoms with Crippen LogP contribution in [0.5, 0.6) is 0 Å². The summed E-state index contributed by atoms with van der Waals surface area (Å²) in [7, 11) is 0. The van der Waals surface area contributed by atoms with E-state index in [1.54, 1.807) is 0 Å². The fourth-order valence-corrected chi connectivity index (χ4v) is 1.54. The van der Waals surface area contributed by atoms with Crippen molar-refractivity contribution in [1.82, 2.24) is 0 Å². The van der Waals surface area contributed by atoms with Crippen molar-refractivity contribution in [3.8, 4) is 0 Å². The summed E-state index contributed by atoms with van der Waals surface area (Å²) in [5.41, 5.74) is 1.05. The zero-order chi connectivity index (χ0) is 11.3. The summed E-state index contributed by atoms with van der Waals surface area (Å²) in [6.07, 6.45) is 7.98. The van der Waals surface area contributed by atoms with Gasteiger partial charge in [-0.15, -0.1) is 0 Å². The number of rotatable bonds is 1. The first-order valence-electron chi connectivity index (χ1n) is 5.49. The molecule has 1 unspecified atom stereocenters. The maximum Gasteiger partial charge on any atom is 0.0780 e. The summed E-state index contributed by atoms with van der Waals surface area (Å²) in [6.45, 7) is 11.0. The number of hydrogen-bond acceptors (Lipinski definition) is 2. The van der Waals surface area contributed by atoms with Gasteiger partial charge in [0.15, 0.2) is 0 Å². The Morgan fingerprint density at radius 2 is 2.20 bits per heavy atom. The van der Waals surface area contributed by atoms with Crippen LogP contribution < -0.4 is 0 Å². The molecule has 0 N–H and O–H groups in total. The molecule has 0 aromatic heterocycles. The molecular formula is C13H21NO. The molecule has 1 aliphatic rings. The number of allylic oxidation sites excluding steroid dienone is 3. The van der Waals surface area contributed by atoms with E-state index in [4.69, 9.17) is 4.74 Å². The number of nitrogens with zero attached hydrogens (tertiary/aromatic N) is 1. The van der Waals surface area contributed by atoms with Gasteiger partial charge in [0.05, 0.1) is 18.2 Å². The molecule has 0 saturated carbocycles. The summed E-state index contributed by atoms with van der Waals surface area (Å²) in [5.74, 6) is 0. The Bertz CT molecular complexity index is 271. The predicted octanol–water partition coefficient (Wildman–Crippen LogP) is 3.15. The normalized spacial score (nSPS) is 27.7.